The van der Waals surface area contributed by atoms with Crippen LogP contribution in [-0.2, 0) is 4.74 Å². The number of aromatic hydroxyl groups is 1. The zero-order valence-corrected chi connectivity index (χ0v) is 11.5. The van der Waals surface area contributed by atoms with Gasteiger partial charge in [0.15, 0.2) is 0 Å². The third-order valence-corrected chi connectivity index (χ3v) is 2.34. The predicted molar refractivity (Wildman–Crippen MR) is 72.0 cm³/mol. The van der Waals surface area contributed by atoms with Crippen LogP contribution < -0.4 is 5.32 Å². The van der Waals surface area contributed by atoms with Crippen molar-refractivity contribution < 1.29 is 14.6 Å². The molecule has 0 saturated heterocycles. The Morgan fingerprint density at radius 2 is 2.11 bits per heavy atom. The highest BCUT2D eigenvalue weighted by Crippen LogP contribution is 2.28. The molecule has 0 spiro atoms. The smallest absolute Gasteiger partial charge is 0.412 e. The maximum Gasteiger partial charge on any atom is 0.412 e. The van der Waals surface area contributed by atoms with Gasteiger partial charge >= 0.3 is 6.09 Å². The fourth-order valence-corrected chi connectivity index (χ4v) is 1.48. The quantitative estimate of drug-likeness (QED) is 0.856. The van der Waals surface area contributed by atoms with E-state index in [2.05, 4.69) is 5.32 Å². The number of benzene rings is 1. The van der Waals surface area contributed by atoms with Crippen molar-refractivity contribution in [1.82, 2.24) is 0 Å². The summed E-state index contributed by atoms with van der Waals surface area (Å²) in [6, 6.07) is 6.66. The first-order chi connectivity index (χ1) is 8.73. The number of rotatable bonds is 2. The highest BCUT2D eigenvalue weighted by atomic mass is 16.6. The third kappa shape index (κ3) is 4.51. The van der Waals surface area contributed by atoms with E-state index in [1.807, 2.05) is 6.07 Å². The first-order valence-corrected chi connectivity index (χ1v) is 5.95. The second-order valence-corrected chi connectivity index (χ2v) is 5.25. The van der Waals surface area contributed by atoms with Crippen LogP contribution in [0.2, 0.25) is 0 Å². The lowest BCUT2D eigenvalue weighted by Gasteiger charge is -2.19. The van der Waals surface area contributed by atoms with Crippen molar-refractivity contribution >= 4 is 11.8 Å². The molecule has 1 atom stereocenters. The number of carbonyl (C=O) groups excluding carboxylic acids is 1. The van der Waals surface area contributed by atoms with Gasteiger partial charge in [0.05, 0.1) is 12.0 Å². The maximum absolute atomic E-state index is 11.5. The molecular formula is C14H18N2O3. The molecule has 1 rings (SSSR count). The molecular weight excluding hydrogens is 244 g/mol. The van der Waals surface area contributed by atoms with Crippen LogP contribution in [0, 0.1) is 11.3 Å². The molecule has 0 aliphatic heterocycles. The largest absolute Gasteiger partial charge is 0.508 e. The first-order valence-electron chi connectivity index (χ1n) is 5.95. The lowest BCUT2D eigenvalue weighted by molar-refractivity contribution is 0.0636. The van der Waals surface area contributed by atoms with E-state index in [0.717, 1.165) is 0 Å². The van der Waals surface area contributed by atoms with Gasteiger partial charge in [0.25, 0.3) is 0 Å². The first kappa shape index (κ1) is 14.8. The van der Waals surface area contributed by atoms with Gasteiger partial charge in [0, 0.05) is 17.3 Å². The molecule has 0 aliphatic carbocycles. The predicted octanol–water partition coefficient (Wildman–Crippen LogP) is 3.37. The van der Waals surface area contributed by atoms with E-state index in [4.69, 9.17) is 10.00 Å². The van der Waals surface area contributed by atoms with E-state index in [0.29, 0.717) is 11.3 Å². The summed E-state index contributed by atoms with van der Waals surface area (Å²) >= 11 is 0. The lowest BCUT2D eigenvalue weighted by atomic mass is 10.0. The summed E-state index contributed by atoms with van der Waals surface area (Å²) < 4.78 is 5.10. The monoisotopic (exact) mass is 262 g/mol. The average molecular weight is 262 g/mol. The van der Waals surface area contributed by atoms with E-state index >= 15 is 0 Å². The highest BCUT2D eigenvalue weighted by molar-refractivity contribution is 5.85. The number of phenols is 1. The van der Waals surface area contributed by atoms with Gasteiger partial charge in [-0.1, -0.05) is 6.07 Å². The number of ether oxygens (including phenoxy) is 1. The maximum atomic E-state index is 11.5. The number of nitriles is 1. The molecule has 19 heavy (non-hydrogen) atoms. The summed E-state index contributed by atoms with van der Waals surface area (Å²) in [7, 11) is 0. The van der Waals surface area contributed by atoms with Crippen molar-refractivity contribution in [3.05, 3.63) is 23.8 Å². The summed E-state index contributed by atoms with van der Waals surface area (Å²) in [6.07, 6.45) is -0.590. The summed E-state index contributed by atoms with van der Waals surface area (Å²) in [4.78, 5) is 11.5. The normalized spacial score (nSPS) is 12.4. The van der Waals surface area contributed by atoms with Gasteiger partial charge in [-0.15, -0.1) is 0 Å². The lowest BCUT2D eigenvalue weighted by Crippen LogP contribution is -2.27. The molecule has 0 aromatic heterocycles. The van der Waals surface area contributed by atoms with Crippen molar-refractivity contribution in [2.24, 2.45) is 0 Å². The van der Waals surface area contributed by atoms with Crippen LogP contribution in [-0.4, -0.2) is 16.8 Å². The van der Waals surface area contributed by atoms with Crippen molar-refractivity contribution in [2.45, 2.75) is 39.2 Å². The van der Waals surface area contributed by atoms with Gasteiger partial charge in [0.1, 0.15) is 11.4 Å². The number of carbonyl (C=O) groups is 1. The Hall–Kier alpha value is -2.22. The summed E-state index contributed by atoms with van der Waals surface area (Å²) in [5.74, 6) is -0.432. The number of nitrogens with one attached hydrogen (secondary N) is 1. The van der Waals surface area contributed by atoms with Crippen molar-refractivity contribution in [3.8, 4) is 11.8 Å². The summed E-state index contributed by atoms with van der Waals surface area (Å²) in [5.41, 5.74) is 0.361. The topological polar surface area (TPSA) is 82.4 Å². The van der Waals surface area contributed by atoms with E-state index in [9.17, 15) is 9.90 Å². The van der Waals surface area contributed by atoms with Gasteiger partial charge in [-0.25, -0.2) is 4.79 Å². The Labute approximate surface area is 112 Å². The fraction of sp³-hybridized carbons (Fsp3) is 0.429. The van der Waals surface area contributed by atoms with Gasteiger partial charge < -0.3 is 9.84 Å². The SMILES string of the molecule is CC(C#N)c1ccc(NC(=O)OC(C)(C)C)cc1O. The molecule has 1 amide bonds. The van der Waals surface area contributed by atoms with Gasteiger partial charge in [-0.05, 0) is 33.8 Å². The molecule has 0 radical (unpaired) electrons. The van der Waals surface area contributed by atoms with Crippen LogP contribution in [0.15, 0.2) is 18.2 Å². The molecule has 5 heteroatoms. The van der Waals surface area contributed by atoms with Crippen molar-refractivity contribution in [3.63, 3.8) is 0 Å². The number of nitrogens with zero attached hydrogens (tertiary/aromatic N) is 1. The number of hydrogen-bond donors (Lipinski definition) is 2. The van der Waals surface area contributed by atoms with E-state index in [1.54, 1.807) is 39.8 Å². The van der Waals surface area contributed by atoms with Crippen LogP contribution in [0.4, 0.5) is 10.5 Å². The minimum absolute atomic E-state index is 0.0254. The summed E-state index contributed by atoms with van der Waals surface area (Å²) in [5, 5.41) is 21.1. The molecule has 1 unspecified atom stereocenters. The Morgan fingerprint density at radius 1 is 1.47 bits per heavy atom. The van der Waals surface area contributed by atoms with Gasteiger partial charge in [0.2, 0.25) is 0 Å². The molecule has 0 bridgehead atoms. The van der Waals surface area contributed by atoms with Gasteiger partial charge in [-0.2, -0.15) is 5.26 Å². The summed E-state index contributed by atoms with van der Waals surface area (Å²) in [6.45, 7) is 6.99. The molecule has 1 aromatic carbocycles. The number of amides is 1. The highest BCUT2D eigenvalue weighted by Gasteiger charge is 2.17. The van der Waals surface area contributed by atoms with Crippen molar-refractivity contribution in [1.29, 1.82) is 5.26 Å². The Bertz CT molecular complexity index is 512. The van der Waals surface area contributed by atoms with Gasteiger partial charge in [-0.3, -0.25) is 5.32 Å². The number of anilines is 1. The van der Waals surface area contributed by atoms with Crippen LogP contribution in [0.1, 0.15) is 39.2 Å². The third-order valence-electron chi connectivity index (χ3n) is 2.34. The Balaban J connectivity index is 2.80. The van der Waals surface area contributed by atoms with Crippen LogP contribution in [0.3, 0.4) is 0 Å². The van der Waals surface area contributed by atoms with Crippen LogP contribution in [0.5, 0.6) is 5.75 Å². The molecule has 0 aliphatic rings. The molecule has 0 saturated carbocycles. The zero-order chi connectivity index (χ0) is 14.6. The minimum Gasteiger partial charge on any atom is -0.508 e. The molecule has 2 N–H and O–H groups in total. The number of hydrogen-bond acceptors (Lipinski definition) is 4. The van der Waals surface area contributed by atoms with E-state index < -0.39 is 17.6 Å². The van der Waals surface area contributed by atoms with Crippen LogP contribution in [0.25, 0.3) is 0 Å². The second kappa shape index (κ2) is 5.61. The molecule has 102 valence electrons. The fourth-order valence-electron chi connectivity index (χ4n) is 1.48. The second-order valence-electron chi connectivity index (χ2n) is 5.25. The van der Waals surface area contributed by atoms with E-state index in [1.165, 1.54) is 6.07 Å². The minimum atomic E-state index is -0.590. The molecule has 0 heterocycles. The van der Waals surface area contributed by atoms with E-state index in [-0.39, 0.29) is 5.75 Å². The molecule has 0 fully saturated rings. The molecule has 5 nitrogen and oxygen atoms in total. The Kier molecular flexibility index (Phi) is 4.38. The zero-order valence-electron chi connectivity index (χ0n) is 11.5. The average Bonchev–Trinajstić information content (AvgIpc) is 2.25. The Morgan fingerprint density at radius 3 is 2.58 bits per heavy atom. The molecule has 1 aromatic rings. The number of phenolic OH excluding ortho intramolecular Hbond substituents is 1. The van der Waals surface area contributed by atoms with Crippen LogP contribution >= 0.6 is 0 Å². The standard InChI is InChI=1S/C14H18N2O3/c1-9(8-15)11-6-5-10(7-12(11)17)16-13(18)19-14(2,3)4/h5-7,9,17H,1-4H3,(H,16,18). The van der Waals surface area contributed by atoms with Crippen molar-refractivity contribution in [2.75, 3.05) is 5.32 Å².